The quantitative estimate of drug-likeness (QED) is 0.708. The van der Waals surface area contributed by atoms with Crippen molar-refractivity contribution >= 4 is 0 Å². The molecular formula is C13H21F3N4O. The van der Waals surface area contributed by atoms with E-state index < -0.39 is 17.5 Å². The van der Waals surface area contributed by atoms with E-state index in [1.807, 2.05) is 0 Å². The van der Waals surface area contributed by atoms with Gasteiger partial charge < -0.3 is 15.7 Å². The molecule has 0 amide bonds. The van der Waals surface area contributed by atoms with Gasteiger partial charge in [0, 0.05) is 25.3 Å². The van der Waals surface area contributed by atoms with Crippen molar-refractivity contribution in [2.45, 2.75) is 38.1 Å². The van der Waals surface area contributed by atoms with Crippen molar-refractivity contribution in [3.63, 3.8) is 0 Å². The van der Waals surface area contributed by atoms with Crippen LogP contribution in [0.2, 0.25) is 0 Å². The molecule has 1 fully saturated rings. The number of alkyl halides is 3. The average Bonchev–Trinajstić information content (AvgIpc) is 2.77. The van der Waals surface area contributed by atoms with Crippen LogP contribution < -0.4 is 10.6 Å². The Morgan fingerprint density at radius 2 is 2.29 bits per heavy atom. The number of halogens is 3. The van der Waals surface area contributed by atoms with Crippen LogP contribution in [0.1, 0.15) is 24.2 Å². The third-order valence-electron chi connectivity index (χ3n) is 3.68. The molecule has 8 heteroatoms. The zero-order valence-electron chi connectivity index (χ0n) is 12.0. The van der Waals surface area contributed by atoms with E-state index in [2.05, 4.69) is 15.7 Å². The van der Waals surface area contributed by atoms with Crippen LogP contribution in [-0.2, 0) is 12.7 Å². The van der Waals surface area contributed by atoms with Crippen LogP contribution >= 0.6 is 0 Å². The minimum absolute atomic E-state index is 0.339. The van der Waals surface area contributed by atoms with Gasteiger partial charge in [-0.2, -0.15) is 18.3 Å². The van der Waals surface area contributed by atoms with Crippen molar-refractivity contribution in [3.05, 3.63) is 17.5 Å². The first-order valence-corrected chi connectivity index (χ1v) is 7.06. The van der Waals surface area contributed by atoms with Gasteiger partial charge in [0.05, 0.1) is 12.1 Å². The van der Waals surface area contributed by atoms with Crippen LogP contribution in [0, 0.1) is 6.92 Å². The molecule has 0 aliphatic carbocycles. The van der Waals surface area contributed by atoms with Gasteiger partial charge in [-0.15, -0.1) is 0 Å². The van der Waals surface area contributed by atoms with E-state index in [1.165, 1.54) is 4.68 Å². The van der Waals surface area contributed by atoms with Gasteiger partial charge in [-0.05, 0) is 32.4 Å². The monoisotopic (exact) mass is 306 g/mol. The summed E-state index contributed by atoms with van der Waals surface area (Å²) in [4.78, 5) is 0. The molecule has 3 N–H and O–H groups in total. The molecule has 120 valence electrons. The minimum atomic E-state index is -4.41. The lowest BCUT2D eigenvalue weighted by atomic mass is 9.94. The molecule has 1 unspecified atom stereocenters. The van der Waals surface area contributed by atoms with Crippen molar-refractivity contribution in [2.24, 2.45) is 0 Å². The fourth-order valence-corrected chi connectivity index (χ4v) is 2.48. The summed E-state index contributed by atoms with van der Waals surface area (Å²) >= 11 is 0. The Labute approximate surface area is 121 Å². The van der Waals surface area contributed by atoms with Gasteiger partial charge in [0.2, 0.25) is 0 Å². The normalized spacial score (nSPS) is 23.5. The smallest absolute Gasteiger partial charge is 0.387 e. The SMILES string of the molecule is Cc1cc(C(F)(F)F)nn1CCNCC1(O)CCCNC1. The summed E-state index contributed by atoms with van der Waals surface area (Å²) in [7, 11) is 0. The summed E-state index contributed by atoms with van der Waals surface area (Å²) in [6.07, 6.45) is -2.76. The Balaban J connectivity index is 1.80. The number of β-amino-alcohol motifs (C(OH)–C–C–N with tert-alkyl or cyclic N) is 1. The van der Waals surface area contributed by atoms with Crippen molar-refractivity contribution < 1.29 is 18.3 Å². The lowest BCUT2D eigenvalue weighted by Gasteiger charge is -2.32. The first-order valence-electron chi connectivity index (χ1n) is 7.06. The highest BCUT2D eigenvalue weighted by Crippen LogP contribution is 2.28. The highest BCUT2D eigenvalue weighted by atomic mass is 19.4. The summed E-state index contributed by atoms with van der Waals surface area (Å²) < 4.78 is 38.9. The topological polar surface area (TPSA) is 62.1 Å². The van der Waals surface area contributed by atoms with E-state index in [9.17, 15) is 18.3 Å². The average molecular weight is 306 g/mol. The maximum absolute atomic E-state index is 12.5. The van der Waals surface area contributed by atoms with Crippen molar-refractivity contribution in [3.8, 4) is 0 Å². The van der Waals surface area contributed by atoms with Crippen LogP contribution in [-0.4, -0.2) is 46.7 Å². The minimum Gasteiger partial charge on any atom is -0.387 e. The third kappa shape index (κ3) is 4.42. The summed E-state index contributed by atoms with van der Waals surface area (Å²) in [5, 5.41) is 20.0. The van der Waals surface area contributed by atoms with Crippen molar-refractivity contribution in [1.82, 2.24) is 20.4 Å². The van der Waals surface area contributed by atoms with Gasteiger partial charge in [0.1, 0.15) is 0 Å². The Kier molecular flexibility index (Phi) is 4.90. The van der Waals surface area contributed by atoms with Crippen LogP contribution in [0.25, 0.3) is 0 Å². The second-order valence-corrected chi connectivity index (χ2v) is 5.57. The number of hydrogen-bond acceptors (Lipinski definition) is 4. The number of aliphatic hydroxyl groups is 1. The first kappa shape index (κ1) is 16.3. The molecule has 2 rings (SSSR count). The van der Waals surface area contributed by atoms with Gasteiger partial charge in [-0.3, -0.25) is 4.68 Å². The van der Waals surface area contributed by atoms with Crippen LogP contribution in [0.4, 0.5) is 13.2 Å². The summed E-state index contributed by atoms with van der Waals surface area (Å²) in [6.45, 7) is 4.27. The summed E-state index contributed by atoms with van der Waals surface area (Å²) in [5.74, 6) is 0. The van der Waals surface area contributed by atoms with Gasteiger partial charge >= 0.3 is 6.18 Å². The highest BCUT2D eigenvalue weighted by Gasteiger charge is 2.34. The molecule has 0 bridgehead atoms. The third-order valence-corrected chi connectivity index (χ3v) is 3.68. The number of nitrogens with zero attached hydrogens (tertiary/aromatic N) is 2. The van der Waals surface area contributed by atoms with E-state index in [1.54, 1.807) is 6.92 Å². The van der Waals surface area contributed by atoms with Crippen molar-refractivity contribution in [1.29, 1.82) is 0 Å². The standard InChI is InChI=1S/C13H21F3N4O/c1-10-7-11(13(14,15)16)19-20(10)6-5-18-9-12(21)3-2-4-17-8-12/h7,17-18,21H,2-6,8-9H2,1H3. The molecule has 1 aromatic heterocycles. The molecule has 1 aliphatic heterocycles. The van der Waals surface area contributed by atoms with Gasteiger partial charge in [-0.1, -0.05) is 0 Å². The molecule has 5 nitrogen and oxygen atoms in total. The van der Waals surface area contributed by atoms with E-state index >= 15 is 0 Å². The molecule has 1 saturated heterocycles. The predicted molar refractivity (Wildman–Crippen MR) is 71.9 cm³/mol. The van der Waals surface area contributed by atoms with E-state index in [-0.39, 0.29) is 0 Å². The first-order chi connectivity index (χ1) is 9.80. The second-order valence-electron chi connectivity index (χ2n) is 5.57. The Bertz CT molecular complexity index is 466. The van der Waals surface area contributed by atoms with Gasteiger partial charge in [0.25, 0.3) is 0 Å². The zero-order valence-corrected chi connectivity index (χ0v) is 12.0. The van der Waals surface area contributed by atoms with Crippen LogP contribution in [0.3, 0.4) is 0 Å². The predicted octanol–water partition coefficient (Wildman–Crippen LogP) is 0.914. The highest BCUT2D eigenvalue weighted by molar-refractivity contribution is 5.11. The molecule has 0 saturated carbocycles. The van der Waals surface area contributed by atoms with Crippen LogP contribution in [0.5, 0.6) is 0 Å². The van der Waals surface area contributed by atoms with E-state index in [0.717, 1.165) is 25.5 Å². The number of hydrogen-bond donors (Lipinski definition) is 3. The maximum atomic E-state index is 12.5. The van der Waals surface area contributed by atoms with Crippen molar-refractivity contribution in [2.75, 3.05) is 26.2 Å². The van der Waals surface area contributed by atoms with Crippen LogP contribution in [0.15, 0.2) is 6.07 Å². The van der Waals surface area contributed by atoms with Gasteiger partial charge in [0.15, 0.2) is 5.69 Å². The van der Waals surface area contributed by atoms with E-state index in [4.69, 9.17) is 0 Å². The Hall–Kier alpha value is -1.12. The lowest BCUT2D eigenvalue weighted by molar-refractivity contribution is -0.141. The fourth-order valence-electron chi connectivity index (χ4n) is 2.48. The molecule has 1 aliphatic rings. The molecular weight excluding hydrogens is 285 g/mol. The molecule has 0 aromatic carbocycles. The molecule has 0 spiro atoms. The molecule has 0 radical (unpaired) electrons. The number of rotatable bonds is 5. The van der Waals surface area contributed by atoms with Gasteiger partial charge in [-0.25, -0.2) is 0 Å². The Morgan fingerprint density at radius 3 is 2.86 bits per heavy atom. The Morgan fingerprint density at radius 1 is 1.52 bits per heavy atom. The maximum Gasteiger partial charge on any atom is 0.435 e. The fraction of sp³-hybridized carbons (Fsp3) is 0.769. The number of aryl methyl sites for hydroxylation is 1. The number of piperidine rings is 1. The summed E-state index contributed by atoms with van der Waals surface area (Å²) in [6, 6.07) is 1.04. The van der Waals surface area contributed by atoms with E-state index in [0.29, 0.717) is 31.9 Å². The molecule has 21 heavy (non-hydrogen) atoms. The molecule has 1 aromatic rings. The number of aromatic nitrogens is 2. The largest absolute Gasteiger partial charge is 0.435 e. The lowest BCUT2D eigenvalue weighted by Crippen LogP contribution is -2.52. The zero-order chi connectivity index (χ0) is 15.5. The second kappa shape index (κ2) is 6.33. The molecule has 1 atom stereocenters. The number of nitrogens with one attached hydrogen (secondary N) is 2. The summed E-state index contributed by atoms with van der Waals surface area (Å²) in [5.41, 5.74) is -1.16. The molecule has 2 heterocycles.